The Morgan fingerprint density at radius 1 is 1.16 bits per heavy atom. The zero-order valence-corrected chi connectivity index (χ0v) is 12.3. The van der Waals surface area contributed by atoms with Crippen LogP contribution in [0.1, 0.15) is 31.3 Å². The molecule has 1 aliphatic heterocycles. The van der Waals surface area contributed by atoms with E-state index in [1.165, 1.54) is 12.4 Å². The highest BCUT2D eigenvalue weighted by atomic mass is 35.5. The third-order valence-electron chi connectivity index (χ3n) is 3.36. The molecule has 2 rings (SSSR count). The predicted molar refractivity (Wildman–Crippen MR) is 74.3 cm³/mol. The van der Waals surface area contributed by atoms with Crippen molar-refractivity contribution < 1.29 is 4.79 Å². The molecule has 1 saturated heterocycles. The zero-order chi connectivity index (χ0) is 14.0. The second kappa shape index (κ2) is 5.43. The number of rotatable bonds is 1. The highest BCUT2D eigenvalue weighted by molar-refractivity contribution is 6.29. The van der Waals surface area contributed by atoms with E-state index in [1.807, 2.05) is 4.90 Å². The fourth-order valence-corrected chi connectivity index (χ4v) is 2.26. The summed E-state index contributed by atoms with van der Waals surface area (Å²) in [5.41, 5.74) is 0.503. The molecule has 5 nitrogen and oxygen atoms in total. The maximum atomic E-state index is 12.2. The minimum Gasteiger partial charge on any atom is -0.335 e. The summed E-state index contributed by atoms with van der Waals surface area (Å²) in [4.78, 5) is 24.3. The summed E-state index contributed by atoms with van der Waals surface area (Å²) in [5.74, 6) is -0.0716. The van der Waals surface area contributed by atoms with Crippen LogP contribution in [0.15, 0.2) is 12.4 Å². The molecule has 0 atom stereocenters. The zero-order valence-electron chi connectivity index (χ0n) is 11.6. The summed E-state index contributed by atoms with van der Waals surface area (Å²) in [6.45, 7) is 9.78. The summed E-state index contributed by atoms with van der Waals surface area (Å²) in [6.07, 6.45) is 2.83. The second-order valence-electron chi connectivity index (χ2n) is 5.67. The normalized spacial score (nSPS) is 17.6. The Labute approximate surface area is 118 Å². The fourth-order valence-electron chi connectivity index (χ4n) is 2.17. The summed E-state index contributed by atoms with van der Waals surface area (Å²) in [5, 5.41) is 0.300. The highest BCUT2D eigenvalue weighted by Gasteiger charge is 2.28. The average molecular weight is 283 g/mol. The average Bonchev–Trinajstić information content (AvgIpc) is 2.38. The van der Waals surface area contributed by atoms with E-state index in [4.69, 9.17) is 11.6 Å². The summed E-state index contributed by atoms with van der Waals surface area (Å²) in [6, 6.07) is 0. The molecule has 0 aliphatic carbocycles. The monoisotopic (exact) mass is 282 g/mol. The molecule has 1 amide bonds. The maximum Gasteiger partial charge on any atom is 0.274 e. The Morgan fingerprint density at radius 2 is 1.79 bits per heavy atom. The first-order valence-corrected chi connectivity index (χ1v) is 6.77. The highest BCUT2D eigenvalue weighted by Crippen LogP contribution is 2.16. The summed E-state index contributed by atoms with van der Waals surface area (Å²) in [7, 11) is 0. The van der Waals surface area contributed by atoms with Crippen molar-refractivity contribution in [1.29, 1.82) is 0 Å². The van der Waals surface area contributed by atoms with Crippen molar-refractivity contribution in [1.82, 2.24) is 19.8 Å². The van der Waals surface area contributed by atoms with Gasteiger partial charge in [-0.15, -0.1) is 0 Å². The van der Waals surface area contributed by atoms with Gasteiger partial charge in [0.15, 0.2) is 0 Å². The SMILES string of the molecule is CC(C)(C)N1CCN(C(=O)c2cnc(Cl)cn2)CC1. The standard InChI is InChI=1S/C13H19ClN4O/c1-13(2,3)18-6-4-17(5-7-18)12(19)10-8-16-11(14)9-15-10/h8-9H,4-7H2,1-3H3. The van der Waals surface area contributed by atoms with Crippen molar-refractivity contribution in [2.24, 2.45) is 0 Å². The van der Waals surface area contributed by atoms with E-state index in [1.54, 1.807) is 0 Å². The number of carbonyl (C=O) groups excluding carboxylic acids is 1. The molecule has 19 heavy (non-hydrogen) atoms. The van der Waals surface area contributed by atoms with Gasteiger partial charge in [0.05, 0.1) is 12.4 Å². The van der Waals surface area contributed by atoms with Crippen LogP contribution in [0, 0.1) is 0 Å². The first-order valence-electron chi connectivity index (χ1n) is 6.40. The molecule has 1 fully saturated rings. The molecule has 0 spiro atoms. The van der Waals surface area contributed by atoms with Crippen LogP contribution < -0.4 is 0 Å². The fraction of sp³-hybridized carbons (Fsp3) is 0.615. The minimum atomic E-state index is -0.0716. The smallest absolute Gasteiger partial charge is 0.274 e. The van der Waals surface area contributed by atoms with Gasteiger partial charge in [-0.25, -0.2) is 9.97 Å². The third-order valence-corrected chi connectivity index (χ3v) is 3.55. The van der Waals surface area contributed by atoms with Crippen molar-refractivity contribution in [2.45, 2.75) is 26.3 Å². The lowest BCUT2D eigenvalue weighted by Crippen LogP contribution is -2.54. The van der Waals surface area contributed by atoms with Crippen molar-refractivity contribution in [3.8, 4) is 0 Å². The Kier molecular flexibility index (Phi) is 4.06. The van der Waals surface area contributed by atoms with E-state index in [0.29, 0.717) is 10.8 Å². The van der Waals surface area contributed by atoms with Crippen molar-refractivity contribution in [3.05, 3.63) is 23.2 Å². The van der Waals surface area contributed by atoms with Crippen molar-refractivity contribution in [3.63, 3.8) is 0 Å². The summed E-state index contributed by atoms with van der Waals surface area (Å²) >= 11 is 5.67. The third kappa shape index (κ3) is 3.42. The van der Waals surface area contributed by atoms with Crippen molar-refractivity contribution in [2.75, 3.05) is 26.2 Å². The number of halogens is 1. The topological polar surface area (TPSA) is 49.3 Å². The molecule has 0 aromatic carbocycles. The molecule has 1 aromatic heterocycles. The van der Waals surface area contributed by atoms with Gasteiger partial charge in [-0.2, -0.15) is 0 Å². The first kappa shape index (κ1) is 14.2. The van der Waals surface area contributed by atoms with Crippen LogP contribution in [-0.4, -0.2) is 57.4 Å². The Hall–Kier alpha value is -1.20. The molecular weight excluding hydrogens is 264 g/mol. The number of carbonyl (C=O) groups is 1. The Morgan fingerprint density at radius 3 is 2.26 bits per heavy atom. The van der Waals surface area contributed by atoms with Gasteiger partial charge in [0, 0.05) is 31.7 Å². The molecule has 0 radical (unpaired) electrons. The van der Waals surface area contributed by atoms with Gasteiger partial charge in [-0.1, -0.05) is 11.6 Å². The predicted octanol–water partition coefficient (Wildman–Crippen LogP) is 1.69. The van der Waals surface area contributed by atoms with Gasteiger partial charge in [0.25, 0.3) is 5.91 Å². The second-order valence-corrected chi connectivity index (χ2v) is 6.06. The number of aromatic nitrogens is 2. The minimum absolute atomic E-state index is 0.0716. The molecule has 0 bridgehead atoms. The van der Waals surface area contributed by atoms with Crippen LogP contribution in [0.4, 0.5) is 0 Å². The number of hydrogen-bond donors (Lipinski definition) is 0. The maximum absolute atomic E-state index is 12.2. The molecule has 6 heteroatoms. The lowest BCUT2D eigenvalue weighted by Gasteiger charge is -2.42. The number of hydrogen-bond acceptors (Lipinski definition) is 4. The van der Waals surface area contributed by atoms with Crippen LogP contribution in [-0.2, 0) is 0 Å². The van der Waals surface area contributed by atoms with E-state index in [9.17, 15) is 4.79 Å². The Bertz CT molecular complexity index is 447. The van der Waals surface area contributed by atoms with Crippen LogP contribution in [0.25, 0.3) is 0 Å². The van der Waals surface area contributed by atoms with Gasteiger partial charge < -0.3 is 4.90 Å². The van der Waals surface area contributed by atoms with E-state index >= 15 is 0 Å². The van der Waals surface area contributed by atoms with Gasteiger partial charge in [0.2, 0.25) is 0 Å². The van der Waals surface area contributed by atoms with Crippen LogP contribution in [0.3, 0.4) is 0 Å². The Balaban J connectivity index is 1.98. The van der Waals surface area contributed by atoms with E-state index in [0.717, 1.165) is 26.2 Å². The molecule has 2 heterocycles. The number of piperazine rings is 1. The van der Waals surface area contributed by atoms with Gasteiger partial charge >= 0.3 is 0 Å². The number of nitrogens with zero attached hydrogens (tertiary/aromatic N) is 4. The van der Waals surface area contributed by atoms with Gasteiger partial charge in [-0.05, 0) is 20.8 Å². The van der Waals surface area contributed by atoms with Crippen LogP contribution in [0.2, 0.25) is 5.15 Å². The van der Waals surface area contributed by atoms with Crippen molar-refractivity contribution >= 4 is 17.5 Å². The number of amides is 1. The molecular formula is C13H19ClN4O. The molecule has 1 aliphatic rings. The van der Waals surface area contributed by atoms with E-state index < -0.39 is 0 Å². The summed E-state index contributed by atoms with van der Waals surface area (Å²) < 4.78 is 0. The molecule has 1 aromatic rings. The van der Waals surface area contributed by atoms with E-state index in [2.05, 4.69) is 35.6 Å². The molecule has 104 valence electrons. The van der Waals surface area contributed by atoms with Crippen LogP contribution in [0.5, 0.6) is 0 Å². The first-order chi connectivity index (χ1) is 8.88. The lowest BCUT2D eigenvalue weighted by molar-refractivity contribution is 0.0446. The quantitative estimate of drug-likeness (QED) is 0.786. The molecule has 0 N–H and O–H groups in total. The molecule has 0 unspecified atom stereocenters. The van der Waals surface area contributed by atoms with Crippen LogP contribution >= 0.6 is 11.6 Å². The van der Waals surface area contributed by atoms with Gasteiger partial charge in [0.1, 0.15) is 10.8 Å². The largest absolute Gasteiger partial charge is 0.335 e. The lowest BCUT2D eigenvalue weighted by atomic mass is 10.0. The van der Waals surface area contributed by atoms with E-state index in [-0.39, 0.29) is 11.4 Å². The molecule has 0 saturated carbocycles. The van der Waals surface area contributed by atoms with Gasteiger partial charge in [-0.3, -0.25) is 9.69 Å².